The van der Waals surface area contributed by atoms with Crippen LogP contribution in [0.3, 0.4) is 0 Å². The molecule has 0 radical (unpaired) electrons. The van der Waals surface area contributed by atoms with Crippen molar-refractivity contribution in [2.75, 3.05) is 44.8 Å². The first-order valence-electron chi connectivity index (χ1n) is 12.3. The highest BCUT2D eigenvalue weighted by atomic mass is 16.5. The quantitative estimate of drug-likeness (QED) is 0.330. The van der Waals surface area contributed by atoms with Crippen molar-refractivity contribution in [3.05, 3.63) is 91.3 Å². The standard InChI is InChI=1S/C29H29N5O4/c1-3-17-37-27-19-25-24(18-26(27)36-2)28(31-20-30-25)33-13-15-34(16-14-33)32-29(35)21-9-11-23(12-10-21)38-22-7-5-4-6-8-22/h3-12,18-20H,1,13-17H2,2H3,(H,32,35). The van der Waals surface area contributed by atoms with Gasteiger partial charge in [0, 0.05) is 43.2 Å². The summed E-state index contributed by atoms with van der Waals surface area (Å²) in [6.07, 6.45) is 3.24. The molecule has 0 saturated carbocycles. The van der Waals surface area contributed by atoms with E-state index in [9.17, 15) is 4.79 Å². The third-order valence-corrected chi connectivity index (χ3v) is 6.19. The number of para-hydroxylation sites is 1. The summed E-state index contributed by atoms with van der Waals surface area (Å²) in [7, 11) is 1.61. The van der Waals surface area contributed by atoms with E-state index in [4.69, 9.17) is 14.2 Å². The molecule has 1 aromatic heterocycles. The highest BCUT2D eigenvalue weighted by molar-refractivity contribution is 5.94. The number of carbonyl (C=O) groups is 1. The summed E-state index contributed by atoms with van der Waals surface area (Å²) >= 11 is 0. The van der Waals surface area contributed by atoms with Gasteiger partial charge in [0.1, 0.15) is 30.3 Å². The van der Waals surface area contributed by atoms with Gasteiger partial charge in [0.2, 0.25) is 0 Å². The zero-order chi connectivity index (χ0) is 26.3. The Morgan fingerprint density at radius 3 is 2.42 bits per heavy atom. The van der Waals surface area contributed by atoms with Crippen molar-refractivity contribution in [3.63, 3.8) is 0 Å². The van der Waals surface area contributed by atoms with Crippen molar-refractivity contribution in [3.8, 4) is 23.0 Å². The number of ether oxygens (including phenoxy) is 3. The normalized spacial score (nSPS) is 13.7. The Balaban J connectivity index is 1.21. The van der Waals surface area contributed by atoms with Crippen molar-refractivity contribution in [1.29, 1.82) is 0 Å². The number of methoxy groups -OCH3 is 1. The molecule has 38 heavy (non-hydrogen) atoms. The van der Waals surface area contributed by atoms with Gasteiger partial charge in [-0.1, -0.05) is 30.9 Å². The van der Waals surface area contributed by atoms with Crippen LogP contribution >= 0.6 is 0 Å². The minimum absolute atomic E-state index is 0.158. The minimum Gasteiger partial charge on any atom is -0.493 e. The van der Waals surface area contributed by atoms with Crippen molar-refractivity contribution in [2.45, 2.75) is 0 Å². The van der Waals surface area contributed by atoms with Crippen LogP contribution in [-0.4, -0.2) is 60.8 Å². The van der Waals surface area contributed by atoms with Crippen LogP contribution in [-0.2, 0) is 0 Å². The highest BCUT2D eigenvalue weighted by Gasteiger charge is 2.22. The molecule has 0 spiro atoms. The molecule has 194 valence electrons. The Morgan fingerprint density at radius 1 is 0.974 bits per heavy atom. The van der Waals surface area contributed by atoms with E-state index >= 15 is 0 Å². The average Bonchev–Trinajstić information content (AvgIpc) is 2.96. The molecule has 3 aromatic carbocycles. The molecular formula is C29H29N5O4. The van der Waals surface area contributed by atoms with E-state index in [-0.39, 0.29) is 5.91 Å². The molecular weight excluding hydrogens is 482 g/mol. The molecule has 1 saturated heterocycles. The molecule has 5 rings (SSSR count). The summed E-state index contributed by atoms with van der Waals surface area (Å²) < 4.78 is 17.1. The number of rotatable bonds is 9. The molecule has 0 bridgehead atoms. The molecule has 1 amide bonds. The molecule has 2 heterocycles. The largest absolute Gasteiger partial charge is 0.493 e. The van der Waals surface area contributed by atoms with Gasteiger partial charge in [0.15, 0.2) is 11.5 Å². The topological polar surface area (TPSA) is 89.1 Å². The van der Waals surface area contributed by atoms with Crippen molar-refractivity contribution < 1.29 is 19.0 Å². The maximum absolute atomic E-state index is 12.8. The van der Waals surface area contributed by atoms with E-state index < -0.39 is 0 Å². The summed E-state index contributed by atoms with van der Waals surface area (Å²) in [5.41, 5.74) is 4.34. The van der Waals surface area contributed by atoms with Gasteiger partial charge in [-0.3, -0.25) is 10.2 Å². The number of hydrogen-bond donors (Lipinski definition) is 1. The van der Waals surface area contributed by atoms with E-state index in [0.29, 0.717) is 55.6 Å². The van der Waals surface area contributed by atoms with Gasteiger partial charge >= 0.3 is 0 Å². The number of nitrogens with zero attached hydrogens (tertiary/aromatic N) is 4. The Morgan fingerprint density at radius 2 is 1.71 bits per heavy atom. The molecule has 4 aromatic rings. The second-order valence-electron chi connectivity index (χ2n) is 8.67. The van der Waals surface area contributed by atoms with Crippen LogP contribution in [0.15, 0.2) is 85.7 Å². The number of nitrogens with one attached hydrogen (secondary N) is 1. The van der Waals surface area contributed by atoms with Crippen LogP contribution in [0.25, 0.3) is 10.9 Å². The number of hydrazine groups is 1. The van der Waals surface area contributed by atoms with Crippen molar-refractivity contribution in [1.82, 2.24) is 20.4 Å². The first kappa shape index (κ1) is 25.0. The predicted molar refractivity (Wildman–Crippen MR) is 146 cm³/mol. The molecule has 9 heteroatoms. The summed E-state index contributed by atoms with van der Waals surface area (Å²) in [5.74, 6) is 3.31. The van der Waals surface area contributed by atoms with Gasteiger partial charge in [0.25, 0.3) is 5.91 Å². The number of fused-ring (bicyclic) bond motifs is 1. The Labute approximate surface area is 221 Å². The smallest absolute Gasteiger partial charge is 0.265 e. The maximum Gasteiger partial charge on any atom is 0.265 e. The van der Waals surface area contributed by atoms with E-state index in [1.165, 1.54) is 0 Å². The van der Waals surface area contributed by atoms with E-state index in [2.05, 4.69) is 26.9 Å². The Kier molecular flexibility index (Phi) is 7.65. The molecule has 9 nitrogen and oxygen atoms in total. The number of hydrogen-bond acceptors (Lipinski definition) is 8. The van der Waals surface area contributed by atoms with Crippen LogP contribution in [0.4, 0.5) is 5.82 Å². The zero-order valence-electron chi connectivity index (χ0n) is 21.2. The number of amides is 1. The Hall–Kier alpha value is -4.63. The van der Waals surface area contributed by atoms with Crippen molar-refractivity contribution >= 4 is 22.6 Å². The van der Waals surface area contributed by atoms with Crippen LogP contribution in [0.5, 0.6) is 23.0 Å². The lowest BCUT2D eigenvalue weighted by Gasteiger charge is -2.35. The van der Waals surface area contributed by atoms with Gasteiger partial charge in [0.05, 0.1) is 12.6 Å². The fourth-order valence-corrected chi connectivity index (χ4v) is 4.26. The summed E-state index contributed by atoms with van der Waals surface area (Å²) in [6, 6.07) is 20.4. The summed E-state index contributed by atoms with van der Waals surface area (Å²) in [5, 5.41) is 2.81. The molecule has 0 unspecified atom stereocenters. The van der Waals surface area contributed by atoms with Gasteiger partial charge in [-0.15, -0.1) is 0 Å². The maximum atomic E-state index is 12.8. The molecule has 0 aliphatic carbocycles. The minimum atomic E-state index is -0.158. The summed E-state index contributed by atoms with van der Waals surface area (Å²) in [4.78, 5) is 24.0. The fraction of sp³-hybridized carbons (Fsp3) is 0.207. The molecule has 1 aliphatic rings. The van der Waals surface area contributed by atoms with Crippen molar-refractivity contribution in [2.24, 2.45) is 0 Å². The third-order valence-electron chi connectivity index (χ3n) is 6.19. The van der Waals surface area contributed by atoms with E-state index in [0.717, 1.165) is 22.5 Å². The predicted octanol–water partition coefficient (Wildman–Crippen LogP) is 4.46. The lowest BCUT2D eigenvalue weighted by Crippen LogP contribution is -2.53. The number of piperazine rings is 1. The van der Waals surface area contributed by atoms with Crippen LogP contribution in [0, 0.1) is 0 Å². The first-order chi connectivity index (χ1) is 18.6. The van der Waals surface area contributed by atoms with Gasteiger partial charge in [-0.2, -0.15) is 0 Å². The lowest BCUT2D eigenvalue weighted by molar-refractivity contribution is 0.0777. The SMILES string of the molecule is C=CCOc1cc2ncnc(N3CCN(NC(=O)c4ccc(Oc5ccccc5)cc4)CC3)c2cc1OC. The second kappa shape index (κ2) is 11.6. The molecule has 1 fully saturated rings. The van der Waals surface area contributed by atoms with E-state index in [1.54, 1.807) is 43.8 Å². The number of carbonyl (C=O) groups excluding carboxylic acids is 1. The summed E-state index contributed by atoms with van der Waals surface area (Å²) in [6.45, 7) is 6.73. The number of anilines is 1. The fourth-order valence-electron chi connectivity index (χ4n) is 4.26. The van der Waals surface area contributed by atoms with Crippen LogP contribution in [0.1, 0.15) is 10.4 Å². The molecule has 1 aliphatic heterocycles. The molecule has 1 N–H and O–H groups in total. The van der Waals surface area contributed by atoms with E-state index in [1.807, 2.05) is 47.5 Å². The third kappa shape index (κ3) is 5.68. The second-order valence-corrected chi connectivity index (χ2v) is 8.67. The van der Waals surface area contributed by atoms with Gasteiger partial charge in [-0.05, 0) is 42.5 Å². The van der Waals surface area contributed by atoms with Crippen LogP contribution < -0.4 is 24.5 Å². The van der Waals surface area contributed by atoms with Gasteiger partial charge < -0.3 is 19.1 Å². The number of benzene rings is 3. The Bertz CT molecular complexity index is 1400. The monoisotopic (exact) mass is 511 g/mol. The average molecular weight is 512 g/mol. The first-order valence-corrected chi connectivity index (χ1v) is 12.3. The number of aromatic nitrogens is 2. The lowest BCUT2D eigenvalue weighted by atomic mass is 10.2. The highest BCUT2D eigenvalue weighted by Crippen LogP contribution is 2.35. The van der Waals surface area contributed by atoms with Gasteiger partial charge in [-0.25, -0.2) is 15.0 Å². The zero-order valence-corrected chi connectivity index (χ0v) is 21.2. The molecule has 0 atom stereocenters. The van der Waals surface area contributed by atoms with Crippen LogP contribution in [0.2, 0.25) is 0 Å².